The Morgan fingerprint density at radius 1 is 0.846 bits per heavy atom. The molecule has 1 saturated heterocycles. The van der Waals surface area contributed by atoms with Gasteiger partial charge in [0.1, 0.15) is 0 Å². The predicted octanol–water partition coefficient (Wildman–Crippen LogP) is 3.48. The maximum atomic E-state index is 11.4. The van der Waals surface area contributed by atoms with Crippen molar-refractivity contribution in [2.45, 2.75) is 50.5 Å². The van der Waals surface area contributed by atoms with E-state index in [9.17, 15) is 43.2 Å². The Hall–Kier alpha value is -0.600. The van der Waals surface area contributed by atoms with E-state index in [1.807, 2.05) is 0 Å². The van der Waals surface area contributed by atoms with Gasteiger partial charge < -0.3 is 8.61 Å². The first kappa shape index (κ1) is 25.4. The maximum absolute atomic E-state index is 11.4. The van der Waals surface area contributed by atoms with Gasteiger partial charge in [-0.3, -0.25) is 0 Å². The SMILES string of the molecule is CCCC[N+]1(CC)CCCC1.O=S(=O)([N-]S(=O)(=O)C(F)(F)F)C(F)(F)F. The second-order valence-corrected chi connectivity index (χ2v) is 9.23. The van der Waals surface area contributed by atoms with Crippen LogP contribution >= 0.6 is 0 Å². The zero-order valence-corrected chi connectivity index (χ0v) is 15.9. The molecule has 1 rings (SSSR count). The van der Waals surface area contributed by atoms with Crippen molar-refractivity contribution in [2.75, 3.05) is 26.2 Å². The van der Waals surface area contributed by atoms with E-state index in [1.165, 1.54) is 56.3 Å². The van der Waals surface area contributed by atoms with E-state index in [0.29, 0.717) is 0 Å². The molecule has 0 aliphatic carbocycles. The van der Waals surface area contributed by atoms with Gasteiger partial charge in [-0.1, -0.05) is 13.3 Å². The van der Waals surface area contributed by atoms with Crippen molar-refractivity contribution in [3.05, 3.63) is 4.13 Å². The number of hydrogen-bond donors (Lipinski definition) is 0. The van der Waals surface area contributed by atoms with Crippen LogP contribution in [0.4, 0.5) is 26.3 Å². The highest BCUT2D eigenvalue weighted by Crippen LogP contribution is 2.36. The minimum Gasteiger partial charge on any atom is -0.421 e. The summed E-state index contributed by atoms with van der Waals surface area (Å²) in [5, 5.41) is 0. The molecule has 1 aliphatic heterocycles. The molecule has 0 unspecified atom stereocenters. The fraction of sp³-hybridized carbons (Fsp3) is 1.00. The molecule has 0 aromatic carbocycles. The Kier molecular flexibility index (Phi) is 8.85. The summed E-state index contributed by atoms with van der Waals surface area (Å²) in [5.41, 5.74) is -12.4. The summed E-state index contributed by atoms with van der Waals surface area (Å²) in [5.74, 6) is 0. The van der Waals surface area contributed by atoms with Crippen LogP contribution in [0, 0.1) is 0 Å². The third kappa shape index (κ3) is 7.19. The van der Waals surface area contributed by atoms with Crippen LogP contribution in [0.15, 0.2) is 0 Å². The molecule has 26 heavy (non-hydrogen) atoms. The summed E-state index contributed by atoms with van der Waals surface area (Å²) >= 11 is 0. The molecular weight excluding hydrogens is 414 g/mol. The third-order valence-corrected chi connectivity index (χ3v) is 6.69. The lowest BCUT2D eigenvalue weighted by atomic mass is 10.3. The monoisotopic (exact) mass is 436 g/mol. The molecule has 0 spiro atoms. The van der Waals surface area contributed by atoms with Crippen molar-refractivity contribution >= 4 is 20.0 Å². The van der Waals surface area contributed by atoms with Crippen LogP contribution < -0.4 is 0 Å². The van der Waals surface area contributed by atoms with Crippen LogP contribution in [0.1, 0.15) is 39.5 Å². The molecule has 158 valence electrons. The topological polar surface area (TPSA) is 82.4 Å². The molecule has 0 bridgehead atoms. The van der Waals surface area contributed by atoms with Crippen LogP contribution in [0.2, 0.25) is 0 Å². The van der Waals surface area contributed by atoms with E-state index < -0.39 is 31.1 Å². The molecule has 1 heterocycles. The lowest BCUT2D eigenvalue weighted by molar-refractivity contribution is -0.915. The van der Waals surface area contributed by atoms with Crippen LogP contribution in [0.25, 0.3) is 4.13 Å². The van der Waals surface area contributed by atoms with Gasteiger partial charge in [-0.25, -0.2) is 16.8 Å². The van der Waals surface area contributed by atoms with E-state index in [4.69, 9.17) is 0 Å². The number of likely N-dealkylation sites (tertiary alicyclic amines) is 1. The number of nitrogens with zero attached hydrogens (tertiary/aromatic N) is 2. The maximum Gasteiger partial charge on any atom is 0.480 e. The molecule has 0 saturated carbocycles. The smallest absolute Gasteiger partial charge is 0.421 e. The van der Waals surface area contributed by atoms with Crippen molar-refractivity contribution in [3.8, 4) is 0 Å². The third-order valence-electron chi connectivity index (χ3n) is 3.95. The Labute approximate surface area is 149 Å². The molecular formula is C12H22F6N2O4S2. The number of alkyl halides is 6. The summed E-state index contributed by atoms with van der Waals surface area (Å²) in [6.45, 7) is 10.4. The molecule has 0 amide bonds. The van der Waals surface area contributed by atoms with Crippen LogP contribution in [0.3, 0.4) is 0 Å². The van der Waals surface area contributed by atoms with E-state index in [0.717, 1.165) is 4.13 Å². The Morgan fingerprint density at radius 2 is 1.23 bits per heavy atom. The molecule has 0 radical (unpaired) electrons. The highest BCUT2D eigenvalue weighted by Gasteiger charge is 2.46. The summed E-state index contributed by atoms with van der Waals surface area (Å²) in [6.07, 6.45) is 5.73. The standard InChI is InChI=1S/C10H22N.C2F6NO4S2/c1-3-5-8-11(4-2)9-6-7-10-11;3-1(4,5)14(10,11)9-15(12,13)2(6,7)8/h3-10H2,1-2H3;/q+1;-1. The van der Waals surface area contributed by atoms with E-state index in [2.05, 4.69) is 13.8 Å². The first-order valence-corrected chi connectivity index (χ1v) is 10.6. The summed E-state index contributed by atoms with van der Waals surface area (Å²) in [6, 6.07) is 0. The van der Waals surface area contributed by atoms with Gasteiger partial charge in [0.15, 0.2) is 20.0 Å². The van der Waals surface area contributed by atoms with Gasteiger partial charge in [0, 0.05) is 12.8 Å². The average molecular weight is 436 g/mol. The van der Waals surface area contributed by atoms with Crippen molar-refractivity contribution < 1.29 is 47.7 Å². The second-order valence-electron chi connectivity index (χ2n) is 5.81. The zero-order chi connectivity index (χ0) is 20.9. The number of unbranched alkanes of at least 4 members (excludes halogenated alkanes) is 1. The van der Waals surface area contributed by atoms with Crippen LogP contribution in [-0.2, 0) is 20.0 Å². The van der Waals surface area contributed by atoms with Crippen LogP contribution in [-0.4, -0.2) is 58.5 Å². The van der Waals surface area contributed by atoms with Gasteiger partial charge >= 0.3 is 11.0 Å². The fourth-order valence-electron chi connectivity index (χ4n) is 2.41. The fourth-order valence-corrected chi connectivity index (χ4v) is 4.12. The lowest BCUT2D eigenvalue weighted by Gasteiger charge is -2.32. The Morgan fingerprint density at radius 3 is 1.50 bits per heavy atom. The molecule has 0 aromatic heterocycles. The van der Waals surface area contributed by atoms with Crippen LogP contribution in [0.5, 0.6) is 0 Å². The van der Waals surface area contributed by atoms with Gasteiger partial charge in [-0.05, 0) is 13.3 Å². The molecule has 1 fully saturated rings. The van der Waals surface area contributed by atoms with Crippen molar-refractivity contribution in [2.24, 2.45) is 0 Å². The van der Waals surface area contributed by atoms with Crippen molar-refractivity contribution in [1.29, 1.82) is 0 Å². The summed E-state index contributed by atoms with van der Waals surface area (Å²) in [4.78, 5) is 0. The number of halogens is 6. The summed E-state index contributed by atoms with van der Waals surface area (Å²) < 4.78 is 111. The normalized spacial score (nSPS) is 18.3. The minimum atomic E-state index is -6.72. The van der Waals surface area contributed by atoms with E-state index >= 15 is 0 Å². The minimum absolute atomic E-state index is 0.778. The van der Waals surface area contributed by atoms with E-state index in [-0.39, 0.29) is 0 Å². The molecule has 6 nitrogen and oxygen atoms in total. The zero-order valence-electron chi connectivity index (χ0n) is 14.3. The highest BCUT2D eigenvalue weighted by atomic mass is 32.3. The molecule has 14 heteroatoms. The molecule has 0 aromatic rings. The first-order chi connectivity index (χ1) is 11.5. The van der Waals surface area contributed by atoms with E-state index in [1.54, 1.807) is 0 Å². The van der Waals surface area contributed by atoms with Crippen molar-refractivity contribution in [3.63, 3.8) is 0 Å². The summed E-state index contributed by atoms with van der Waals surface area (Å²) in [7, 11) is -13.4. The largest absolute Gasteiger partial charge is 0.480 e. The number of hydrogen-bond acceptors (Lipinski definition) is 4. The van der Waals surface area contributed by atoms with Crippen molar-refractivity contribution in [1.82, 2.24) is 0 Å². The Balaban J connectivity index is 0.000000502. The average Bonchev–Trinajstić information content (AvgIpc) is 2.92. The lowest BCUT2D eigenvalue weighted by Crippen LogP contribution is -2.45. The van der Waals surface area contributed by atoms with Gasteiger partial charge in [-0.2, -0.15) is 26.3 Å². The number of rotatable bonds is 6. The quantitative estimate of drug-likeness (QED) is 0.472. The highest BCUT2D eigenvalue weighted by molar-refractivity contribution is 8.13. The van der Waals surface area contributed by atoms with Gasteiger partial charge in [0.05, 0.1) is 26.2 Å². The van der Waals surface area contributed by atoms with Gasteiger partial charge in [-0.15, -0.1) is 0 Å². The van der Waals surface area contributed by atoms with Gasteiger partial charge in [0.2, 0.25) is 0 Å². The molecule has 1 aliphatic rings. The second kappa shape index (κ2) is 9.06. The van der Waals surface area contributed by atoms with Gasteiger partial charge in [0.25, 0.3) is 0 Å². The first-order valence-electron chi connectivity index (χ1n) is 7.75. The Bertz CT molecular complexity index is 596. The number of quaternary nitrogens is 1. The predicted molar refractivity (Wildman–Crippen MR) is 82.9 cm³/mol. The number of sulfonamides is 2. The molecule has 0 N–H and O–H groups in total. The molecule has 0 atom stereocenters.